The van der Waals surface area contributed by atoms with Gasteiger partial charge in [-0.05, 0) is 105 Å². The van der Waals surface area contributed by atoms with Gasteiger partial charge in [-0.1, -0.05) is 41.9 Å². The average Bonchev–Trinajstić information content (AvgIpc) is 2.81. The van der Waals surface area contributed by atoms with Gasteiger partial charge in [0.15, 0.2) is 8.32 Å². The third kappa shape index (κ3) is 15.5. The number of hydrogen-bond acceptors (Lipinski definition) is 3. The summed E-state index contributed by atoms with van der Waals surface area (Å²) in [4.78, 5) is 16.1. The Hall–Kier alpha value is -1.17. The first-order valence-electron chi connectivity index (χ1n) is 15.2. The fraction of sp³-hybridized carbons (Fsp3) is 0.767. The molecule has 35 heavy (non-hydrogen) atoms. The van der Waals surface area contributed by atoms with Crippen LogP contribution >= 0.6 is 0 Å². The summed E-state index contributed by atoms with van der Waals surface area (Å²) in [6.07, 6.45) is 13.7. The topological polar surface area (TPSA) is 32.8 Å². The molecule has 0 aliphatic carbocycles. The van der Waals surface area contributed by atoms with Crippen LogP contribution < -0.4 is 0 Å². The van der Waals surface area contributed by atoms with Crippen LogP contribution in [-0.4, -0.2) is 63.8 Å². The molecule has 1 amide bonds. The molecular weight excluding hydrogens is 448 g/mol. The molecule has 1 rings (SSSR count). The van der Waals surface area contributed by atoms with E-state index in [9.17, 15) is 4.79 Å². The first kappa shape index (κ1) is 26.9. The molecule has 0 spiro atoms. The van der Waals surface area contributed by atoms with Crippen molar-refractivity contribution in [3.8, 4) is 0 Å². The molecule has 5 heteroatoms. The van der Waals surface area contributed by atoms with Gasteiger partial charge in [0.25, 0.3) is 0 Å². The molecule has 2 atom stereocenters. The molecule has 1 heterocycles. The van der Waals surface area contributed by atoms with E-state index in [1.807, 2.05) is 4.90 Å². The van der Waals surface area contributed by atoms with Gasteiger partial charge in [0.1, 0.15) is 0 Å². The van der Waals surface area contributed by atoms with Crippen molar-refractivity contribution in [1.82, 2.24) is 9.80 Å². The second-order valence-electron chi connectivity index (χ2n) is 11.8. The van der Waals surface area contributed by atoms with Crippen LogP contribution in [0.15, 0.2) is 34.9 Å². The van der Waals surface area contributed by atoms with Crippen LogP contribution in [0.3, 0.4) is 0 Å². The maximum atomic E-state index is 12.7. The van der Waals surface area contributed by atoms with Crippen LogP contribution in [0.25, 0.3) is 0 Å². The highest BCUT2D eigenvalue weighted by molar-refractivity contribution is 6.69. The van der Waals surface area contributed by atoms with Crippen LogP contribution in [0.2, 0.25) is 19.6 Å². The second kappa shape index (κ2) is 16.5. The van der Waals surface area contributed by atoms with E-state index in [1.54, 1.807) is 0 Å². The predicted octanol–water partition coefficient (Wildman–Crippen LogP) is 7.45. The summed E-state index contributed by atoms with van der Waals surface area (Å²) in [7, 11) is -1.50. The summed E-state index contributed by atoms with van der Waals surface area (Å²) in [5.74, 6) is 1.14. The number of carbonyl (C=O) groups is 1. The number of likely N-dealkylation sites (N-methyl/N-ethyl adjacent to an activating group) is 1. The molecule has 1 aliphatic heterocycles. The number of amides is 1. The summed E-state index contributed by atoms with van der Waals surface area (Å²) in [6, 6.07) is 0. The highest BCUT2D eigenvalue weighted by atomic mass is 28.4. The number of carbonyl (C=O) groups excluding carboxylic acids is 1. The van der Waals surface area contributed by atoms with Crippen molar-refractivity contribution >= 4 is 14.2 Å². The number of hydrogen-bond donors (Lipinski definition) is 0. The Morgan fingerprint density at radius 2 is 1.63 bits per heavy atom. The van der Waals surface area contributed by atoms with E-state index in [-0.39, 0.29) is 5.91 Å². The third-order valence-electron chi connectivity index (χ3n) is 6.75. The highest BCUT2D eigenvalue weighted by Gasteiger charge is 2.19. The molecule has 0 aromatic carbocycles. The Labute approximate surface area is 223 Å². The minimum Gasteiger partial charge on any atom is -0.417 e. The van der Waals surface area contributed by atoms with Crippen molar-refractivity contribution in [3.05, 3.63) is 34.9 Å². The Bertz CT molecular complexity index is 803. The summed E-state index contributed by atoms with van der Waals surface area (Å²) in [5, 5.41) is 0. The summed E-state index contributed by atoms with van der Waals surface area (Å²) in [6.45, 7) is 18.4. The van der Waals surface area contributed by atoms with Gasteiger partial charge >= 0.3 is 0 Å². The van der Waals surface area contributed by atoms with Crippen molar-refractivity contribution in [1.29, 1.82) is 0 Å². The minimum atomic E-state index is -2.07. The number of piperazine rings is 1. The maximum Gasteiger partial charge on any atom is 0.222 e. The van der Waals surface area contributed by atoms with Crippen molar-refractivity contribution in [2.75, 3.05) is 39.8 Å². The average molecular weight is 508 g/mol. The Morgan fingerprint density at radius 3 is 2.23 bits per heavy atom. The fourth-order valence-corrected chi connectivity index (χ4v) is 5.02. The Morgan fingerprint density at radius 1 is 0.971 bits per heavy atom. The first-order chi connectivity index (χ1) is 17.6. The predicted molar refractivity (Wildman–Crippen MR) is 155 cm³/mol. The number of rotatable bonds is 15. The molecule has 2 unspecified atom stereocenters. The van der Waals surface area contributed by atoms with Gasteiger partial charge in [-0.15, -0.1) is 0 Å². The largest absolute Gasteiger partial charge is 0.417 e. The molecule has 1 saturated heterocycles. The van der Waals surface area contributed by atoms with Crippen LogP contribution in [-0.2, 0) is 9.22 Å². The monoisotopic (exact) mass is 507 g/mol. The fourth-order valence-electron chi connectivity index (χ4n) is 4.23. The van der Waals surface area contributed by atoms with E-state index in [1.165, 1.54) is 21.6 Å². The number of nitrogens with zero attached hydrogens (tertiary/aromatic N) is 2. The van der Waals surface area contributed by atoms with Crippen LogP contribution in [0.5, 0.6) is 0 Å². The second-order valence-corrected chi connectivity index (χ2v) is 16.3. The zero-order chi connectivity index (χ0) is 28.9. The van der Waals surface area contributed by atoms with E-state index in [2.05, 4.69) is 72.5 Å². The minimum absolute atomic E-state index is 0.128. The Balaban J connectivity index is 2.70. The van der Waals surface area contributed by atoms with E-state index in [4.69, 9.17) is 8.54 Å². The van der Waals surface area contributed by atoms with Gasteiger partial charge in [-0.3, -0.25) is 4.79 Å². The standard InChI is InChI=1S/C30H56N2O2Si/c1-25(2)12-10-13-26(3)16-18-29(19-17-27(4)24-34-35(7,8)9)28(5)14-11-15-30(33)32-22-20-31(6)21-23-32/h12,14,16,27,29H,10-11,13,15,17-24H2,1-9H3/b26-16-,28-14-/i6D3. The van der Waals surface area contributed by atoms with Crippen LogP contribution in [0.4, 0.5) is 0 Å². The molecule has 0 N–H and O–H groups in total. The quantitative estimate of drug-likeness (QED) is 0.170. The molecule has 4 nitrogen and oxygen atoms in total. The van der Waals surface area contributed by atoms with E-state index in [0.29, 0.717) is 44.4 Å². The summed E-state index contributed by atoms with van der Waals surface area (Å²) < 4.78 is 28.8. The molecular formula is C30H56N2O2Si. The molecule has 1 fully saturated rings. The molecule has 1 aliphatic rings. The lowest BCUT2D eigenvalue weighted by Gasteiger charge is -2.32. The van der Waals surface area contributed by atoms with Crippen molar-refractivity contribution < 1.29 is 13.3 Å². The molecule has 0 aromatic rings. The zero-order valence-electron chi connectivity index (χ0n) is 27.1. The molecule has 0 aromatic heterocycles. The van der Waals surface area contributed by atoms with Crippen LogP contribution in [0.1, 0.15) is 83.7 Å². The van der Waals surface area contributed by atoms with Gasteiger partial charge in [-0.25, -0.2) is 0 Å². The molecule has 0 bridgehead atoms. The van der Waals surface area contributed by atoms with Crippen molar-refractivity contribution in [3.63, 3.8) is 0 Å². The molecule has 202 valence electrons. The lowest BCUT2D eigenvalue weighted by molar-refractivity contribution is -0.132. The highest BCUT2D eigenvalue weighted by Crippen LogP contribution is 2.26. The Kier molecular flexibility index (Phi) is 12.7. The molecule has 0 radical (unpaired) electrons. The summed E-state index contributed by atoms with van der Waals surface area (Å²) in [5.41, 5.74) is 4.19. The maximum absolute atomic E-state index is 12.7. The zero-order valence-corrected chi connectivity index (χ0v) is 25.1. The summed E-state index contributed by atoms with van der Waals surface area (Å²) >= 11 is 0. The first-order valence-corrected chi connectivity index (χ1v) is 17.1. The number of allylic oxidation sites excluding steroid dienone is 6. The SMILES string of the molecule is [2H]C([2H])([2H])N1CCN(C(=O)CC/C=C(/C)C(C/C=C(/C)CCC=C(C)C)CCC(C)CO[Si](C)(C)C)CC1. The van der Waals surface area contributed by atoms with Crippen molar-refractivity contribution in [2.45, 2.75) is 99.2 Å². The van der Waals surface area contributed by atoms with E-state index < -0.39 is 15.3 Å². The normalized spacial score (nSPS) is 19.5. The van der Waals surface area contributed by atoms with E-state index in [0.717, 1.165) is 45.1 Å². The van der Waals surface area contributed by atoms with Crippen LogP contribution in [0, 0.1) is 11.8 Å². The lowest BCUT2D eigenvalue weighted by Crippen LogP contribution is -2.47. The smallest absolute Gasteiger partial charge is 0.222 e. The van der Waals surface area contributed by atoms with E-state index >= 15 is 0 Å². The van der Waals surface area contributed by atoms with Gasteiger partial charge in [0, 0.05) is 43.3 Å². The third-order valence-corrected chi connectivity index (χ3v) is 7.78. The van der Waals surface area contributed by atoms with Gasteiger partial charge < -0.3 is 14.2 Å². The van der Waals surface area contributed by atoms with Gasteiger partial charge in [-0.2, -0.15) is 0 Å². The van der Waals surface area contributed by atoms with Crippen molar-refractivity contribution in [2.24, 2.45) is 11.8 Å². The molecule has 0 saturated carbocycles. The van der Waals surface area contributed by atoms with Gasteiger partial charge in [0.05, 0.1) is 0 Å². The van der Waals surface area contributed by atoms with Gasteiger partial charge in [0.2, 0.25) is 5.91 Å². The lowest BCUT2D eigenvalue weighted by atomic mass is 9.87.